The number of aromatic nitrogens is 2. The molecule has 6 heteroatoms. The Morgan fingerprint density at radius 2 is 2.25 bits per heavy atom. The van der Waals surface area contributed by atoms with Gasteiger partial charge in [0.25, 0.3) is 0 Å². The molecule has 1 atom stereocenters. The van der Waals surface area contributed by atoms with Crippen LogP contribution >= 0.6 is 0 Å². The highest BCUT2D eigenvalue weighted by molar-refractivity contribution is 5.76. The molecule has 1 fully saturated rings. The number of H-pyrrole nitrogens is 1. The molecule has 6 nitrogen and oxygen atoms in total. The molecule has 1 aliphatic heterocycles. The van der Waals surface area contributed by atoms with Crippen molar-refractivity contribution in [2.45, 2.75) is 46.0 Å². The fraction of sp³-hybridized carbons (Fsp3) is 0.611. The number of nitrogens with one attached hydrogen (secondary N) is 1. The molecular weight excluding hydrogens is 306 g/mol. The minimum Gasteiger partial charge on any atom is -0.396 e. The molecular formula is C18H27N3O3. The van der Waals surface area contributed by atoms with Crippen molar-refractivity contribution < 1.29 is 9.90 Å². The summed E-state index contributed by atoms with van der Waals surface area (Å²) in [6, 6.07) is 0. The van der Waals surface area contributed by atoms with Crippen molar-refractivity contribution in [2.75, 3.05) is 19.7 Å². The van der Waals surface area contributed by atoms with Crippen LogP contribution in [0.2, 0.25) is 0 Å². The van der Waals surface area contributed by atoms with E-state index in [1.54, 1.807) is 6.92 Å². The second-order valence-electron chi connectivity index (χ2n) is 6.80. The number of allylic oxidation sites excluding steroid dienone is 1. The number of aryl methyl sites for hydroxylation is 2. The number of carbonyl (C=O) groups is 1. The SMILES string of the molecule is C=CC[C@@]1(CO)CCCN(C(=O)CCc2c(C)nc(=O)[nH]c2C)C1. The summed E-state index contributed by atoms with van der Waals surface area (Å²) in [4.78, 5) is 32.4. The predicted octanol–water partition coefficient (Wildman–Crippen LogP) is 1.50. The number of aromatic amines is 1. The van der Waals surface area contributed by atoms with E-state index in [1.807, 2.05) is 17.9 Å². The Bertz CT molecular complexity index is 642. The highest BCUT2D eigenvalue weighted by Gasteiger charge is 2.35. The van der Waals surface area contributed by atoms with Crippen molar-refractivity contribution in [3.8, 4) is 0 Å². The lowest BCUT2D eigenvalue weighted by Crippen LogP contribution is -2.47. The fourth-order valence-electron chi connectivity index (χ4n) is 3.60. The van der Waals surface area contributed by atoms with E-state index in [2.05, 4.69) is 16.5 Å². The van der Waals surface area contributed by atoms with E-state index in [1.165, 1.54) is 0 Å². The average Bonchev–Trinajstić information content (AvgIpc) is 2.54. The number of aliphatic hydroxyl groups is 1. The molecule has 1 amide bonds. The van der Waals surface area contributed by atoms with Crippen LogP contribution in [0.5, 0.6) is 0 Å². The molecule has 0 saturated carbocycles. The van der Waals surface area contributed by atoms with Gasteiger partial charge in [-0.3, -0.25) is 4.79 Å². The Morgan fingerprint density at radius 3 is 2.88 bits per heavy atom. The van der Waals surface area contributed by atoms with Gasteiger partial charge >= 0.3 is 5.69 Å². The van der Waals surface area contributed by atoms with Gasteiger partial charge in [0, 0.05) is 36.3 Å². The maximum absolute atomic E-state index is 12.6. The first kappa shape index (κ1) is 18.4. The monoisotopic (exact) mass is 333 g/mol. The molecule has 2 rings (SSSR count). The van der Waals surface area contributed by atoms with Gasteiger partial charge in [0.1, 0.15) is 0 Å². The quantitative estimate of drug-likeness (QED) is 0.773. The zero-order valence-electron chi connectivity index (χ0n) is 14.6. The van der Waals surface area contributed by atoms with Gasteiger partial charge in [0.15, 0.2) is 0 Å². The molecule has 0 aliphatic carbocycles. The van der Waals surface area contributed by atoms with E-state index >= 15 is 0 Å². The molecule has 2 heterocycles. The number of amides is 1. The predicted molar refractivity (Wildman–Crippen MR) is 92.8 cm³/mol. The van der Waals surface area contributed by atoms with Crippen molar-refractivity contribution >= 4 is 5.91 Å². The second kappa shape index (κ2) is 7.75. The molecule has 0 aromatic carbocycles. The lowest BCUT2D eigenvalue weighted by Gasteiger charge is -2.41. The number of likely N-dealkylation sites (tertiary alicyclic amines) is 1. The normalized spacial score (nSPS) is 20.9. The van der Waals surface area contributed by atoms with E-state index < -0.39 is 0 Å². The van der Waals surface area contributed by atoms with Gasteiger partial charge in [-0.1, -0.05) is 6.08 Å². The van der Waals surface area contributed by atoms with Crippen LogP contribution in [0.1, 0.15) is 42.6 Å². The van der Waals surface area contributed by atoms with Gasteiger partial charge in [0.05, 0.1) is 6.61 Å². The maximum Gasteiger partial charge on any atom is 0.345 e. The minimum atomic E-state index is -0.353. The summed E-state index contributed by atoms with van der Waals surface area (Å²) < 4.78 is 0. The number of carbonyl (C=O) groups excluding carboxylic acids is 1. The maximum atomic E-state index is 12.6. The standard InChI is InChI=1S/C18H27N3O3/c1-4-8-18(12-22)9-5-10-21(11-18)16(23)7-6-15-13(2)19-17(24)20-14(15)3/h4,22H,1,5-12H2,2-3H3,(H,19,20,24)/t18-/m1/s1. The van der Waals surface area contributed by atoms with Crippen molar-refractivity contribution in [3.05, 3.63) is 40.1 Å². The van der Waals surface area contributed by atoms with Gasteiger partial charge in [-0.05, 0) is 45.1 Å². The smallest absolute Gasteiger partial charge is 0.345 e. The summed E-state index contributed by atoms with van der Waals surface area (Å²) in [5, 5.41) is 9.75. The van der Waals surface area contributed by atoms with Crippen LogP contribution in [-0.2, 0) is 11.2 Å². The largest absolute Gasteiger partial charge is 0.396 e. The highest BCUT2D eigenvalue weighted by atomic mass is 16.3. The van der Waals surface area contributed by atoms with E-state index in [0.717, 1.165) is 37.1 Å². The Labute approximate surface area is 142 Å². The Balaban J connectivity index is 2.02. The van der Waals surface area contributed by atoms with Gasteiger partial charge in [-0.25, -0.2) is 4.79 Å². The third-order valence-corrected chi connectivity index (χ3v) is 4.97. The average molecular weight is 333 g/mol. The molecule has 1 saturated heterocycles. The highest BCUT2D eigenvalue weighted by Crippen LogP contribution is 2.33. The van der Waals surface area contributed by atoms with Gasteiger partial charge in [-0.15, -0.1) is 6.58 Å². The summed E-state index contributed by atoms with van der Waals surface area (Å²) in [6.45, 7) is 8.79. The van der Waals surface area contributed by atoms with Crippen LogP contribution in [-0.4, -0.2) is 45.6 Å². The Hall–Kier alpha value is -1.95. The first-order valence-corrected chi connectivity index (χ1v) is 8.47. The third-order valence-electron chi connectivity index (χ3n) is 4.97. The second-order valence-corrected chi connectivity index (χ2v) is 6.80. The van der Waals surface area contributed by atoms with Crippen molar-refractivity contribution in [2.24, 2.45) is 5.41 Å². The number of hydrogen-bond donors (Lipinski definition) is 2. The van der Waals surface area contributed by atoms with E-state index in [9.17, 15) is 14.7 Å². The summed E-state index contributed by atoms with van der Waals surface area (Å²) in [5.74, 6) is 0.0848. The molecule has 132 valence electrons. The van der Waals surface area contributed by atoms with Gasteiger partial charge < -0.3 is 15.0 Å². The molecule has 2 N–H and O–H groups in total. The van der Waals surface area contributed by atoms with Crippen LogP contribution in [0.25, 0.3) is 0 Å². The lowest BCUT2D eigenvalue weighted by molar-refractivity contribution is -0.135. The lowest BCUT2D eigenvalue weighted by atomic mass is 9.77. The molecule has 1 aromatic heterocycles. The van der Waals surface area contributed by atoms with Crippen molar-refractivity contribution in [1.82, 2.24) is 14.9 Å². The molecule has 1 aliphatic rings. The molecule has 24 heavy (non-hydrogen) atoms. The Kier molecular flexibility index (Phi) is 5.94. The molecule has 0 bridgehead atoms. The van der Waals surface area contributed by atoms with Crippen LogP contribution in [0.15, 0.2) is 17.4 Å². The van der Waals surface area contributed by atoms with E-state index in [-0.39, 0.29) is 23.6 Å². The van der Waals surface area contributed by atoms with Crippen LogP contribution in [0, 0.1) is 19.3 Å². The first-order valence-electron chi connectivity index (χ1n) is 8.47. The Morgan fingerprint density at radius 1 is 1.50 bits per heavy atom. The van der Waals surface area contributed by atoms with Gasteiger partial charge in [-0.2, -0.15) is 4.98 Å². The number of rotatable bonds is 6. The van der Waals surface area contributed by atoms with Crippen molar-refractivity contribution in [1.29, 1.82) is 0 Å². The summed E-state index contributed by atoms with van der Waals surface area (Å²) >= 11 is 0. The first-order chi connectivity index (χ1) is 11.4. The summed E-state index contributed by atoms with van der Waals surface area (Å²) in [7, 11) is 0. The van der Waals surface area contributed by atoms with Crippen LogP contribution in [0.4, 0.5) is 0 Å². The molecule has 0 unspecified atom stereocenters. The summed E-state index contributed by atoms with van der Waals surface area (Å²) in [6.07, 6.45) is 5.30. The fourth-order valence-corrected chi connectivity index (χ4v) is 3.60. The number of aliphatic hydroxyl groups excluding tert-OH is 1. The van der Waals surface area contributed by atoms with E-state index in [0.29, 0.717) is 25.1 Å². The zero-order chi connectivity index (χ0) is 17.7. The minimum absolute atomic E-state index is 0.0743. The number of hydrogen-bond acceptors (Lipinski definition) is 4. The van der Waals surface area contributed by atoms with Gasteiger partial charge in [0.2, 0.25) is 5.91 Å². The number of nitrogens with zero attached hydrogens (tertiary/aromatic N) is 2. The third kappa shape index (κ3) is 4.12. The molecule has 0 radical (unpaired) electrons. The summed E-state index contributed by atoms with van der Waals surface area (Å²) in [5.41, 5.74) is 1.78. The number of piperidine rings is 1. The van der Waals surface area contributed by atoms with Crippen LogP contribution < -0.4 is 5.69 Å². The topological polar surface area (TPSA) is 86.3 Å². The molecule has 1 aromatic rings. The molecule has 0 spiro atoms. The zero-order valence-corrected chi connectivity index (χ0v) is 14.6. The van der Waals surface area contributed by atoms with Crippen molar-refractivity contribution in [3.63, 3.8) is 0 Å². The van der Waals surface area contributed by atoms with E-state index in [4.69, 9.17) is 0 Å². The van der Waals surface area contributed by atoms with Crippen LogP contribution in [0.3, 0.4) is 0 Å².